The molecule has 1 aliphatic carbocycles. The zero-order valence-electron chi connectivity index (χ0n) is 14.3. The number of likely N-dealkylation sites (tertiary alicyclic amines) is 1. The second kappa shape index (κ2) is 8.36. The first-order valence-electron chi connectivity index (χ1n) is 9.33. The molecule has 1 aliphatic heterocycles. The maximum absolute atomic E-state index is 12.3. The summed E-state index contributed by atoms with van der Waals surface area (Å²) in [7, 11) is 0. The monoisotopic (exact) mass is 332 g/mol. The van der Waals surface area contributed by atoms with Gasteiger partial charge in [-0.05, 0) is 37.7 Å². The van der Waals surface area contributed by atoms with Crippen molar-refractivity contribution in [3.8, 4) is 0 Å². The Hall–Kier alpha value is -1.78. The van der Waals surface area contributed by atoms with E-state index in [0.29, 0.717) is 18.7 Å². The van der Waals surface area contributed by atoms with E-state index in [1.54, 1.807) is 6.07 Å². The highest BCUT2D eigenvalue weighted by Gasteiger charge is 2.28. The van der Waals surface area contributed by atoms with Crippen LogP contribution >= 0.6 is 0 Å². The fourth-order valence-corrected chi connectivity index (χ4v) is 3.96. The maximum atomic E-state index is 12.3. The van der Waals surface area contributed by atoms with Crippen molar-refractivity contribution in [2.75, 3.05) is 19.6 Å². The van der Waals surface area contributed by atoms with Crippen LogP contribution in [0.2, 0.25) is 0 Å². The van der Waals surface area contributed by atoms with Crippen LogP contribution in [0.3, 0.4) is 0 Å². The number of nitrogens with one attached hydrogen (secondary N) is 1. The highest BCUT2D eigenvalue weighted by molar-refractivity contribution is 5.94. The van der Waals surface area contributed by atoms with Crippen LogP contribution in [0.25, 0.3) is 0 Å². The van der Waals surface area contributed by atoms with Crippen molar-refractivity contribution in [1.29, 1.82) is 0 Å². The van der Waals surface area contributed by atoms with Gasteiger partial charge in [-0.15, -0.1) is 0 Å². The summed E-state index contributed by atoms with van der Waals surface area (Å²) in [5.74, 6) is 1.10. The minimum atomic E-state index is -0.000767. The highest BCUT2D eigenvalue weighted by atomic mass is 16.3. The number of amides is 2. The molecule has 2 fully saturated rings. The molecule has 0 aromatic carbocycles. The summed E-state index contributed by atoms with van der Waals surface area (Å²) in [5.41, 5.74) is 0.588. The molecule has 24 heavy (non-hydrogen) atoms. The zero-order chi connectivity index (χ0) is 16.8. The van der Waals surface area contributed by atoms with Gasteiger partial charge in [0.25, 0.3) is 5.91 Å². The number of carbonyl (C=O) groups is 2. The lowest BCUT2D eigenvalue weighted by Gasteiger charge is -2.31. The maximum Gasteiger partial charge on any atom is 0.257 e. The van der Waals surface area contributed by atoms with E-state index in [4.69, 9.17) is 4.42 Å². The van der Waals surface area contributed by atoms with Gasteiger partial charge in [0.2, 0.25) is 5.91 Å². The Morgan fingerprint density at radius 1 is 1.17 bits per heavy atom. The van der Waals surface area contributed by atoms with E-state index in [1.807, 2.05) is 4.90 Å². The summed E-state index contributed by atoms with van der Waals surface area (Å²) >= 11 is 0. The third kappa shape index (κ3) is 4.40. The quantitative estimate of drug-likeness (QED) is 0.814. The second-order valence-electron chi connectivity index (χ2n) is 7.16. The standard InChI is InChI=1S/C19H28N2O3/c22-18(20-10-3-6-15-4-1-2-5-15)16-7-11-21(12-8-16)19(23)17-9-13-24-14-17/h9,13-16H,1-8,10-12H2,(H,20,22). The van der Waals surface area contributed by atoms with Crippen molar-refractivity contribution in [1.82, 2.24) is 10.2 Å². The van der Waals surface area contributed by atoms with E-state index in [9.17, 15) is 9.59 Å². The molecule has 1 saturated heterocycles. The third-order valence-corrected chi connectivity index (χ3v) is 5.48. The van der Waals surface area contributed by atoms with Gasteiger partial charge in [-0.3, -0.25) is 9.59 Å². The lowest BCUT2D eigenvalue weighted by Crippen LogP contribution is -2.43. The number of furan rings is 1. The molecule has 1 aromatic heterocycles. The lowest BCUT2D eigenvalue weighted by molar-refractivity contribution is -0.126. The first kappa shape index (κ1) is 17.1. The first-order chi connectivity index (χ1) is 11.7. The average molecular weight is 332 g/mol. The third-order valence-electron chi connectivity index (χ3n) is 5.48. The van der Waals surface area contributed by atoms with E-state index in [0.717, 1.165) is 31.7 Å². The van der Waals surface area contributed by atoms with Crippen molar-refractivity contribution < 1.29 is 14.0 Å². The zero-order valence-corrected chi connectivity index (χ0v) is 14.3. The predicted molar refractivity (Wildman–Crippen MR) is 91.5 cm³/mol. The van der Waals surface area contributed by atoms with E-state index in [1.165, 1.54) is 44.6 Å². The second-order valence-corrected chi connectivity index (χ2v) is 7.16. The van der Waals surface area contributed by atoms with Crippen molar-refractivity contribution in [2.24, 2.45) is 11.8 Å². The molecule has 0 spiro atoms. The number of carbonyl (C=O) groups excluding carboxylic acids is 2. The van der Waals surface area contributed by atoms with Crippen molar-refractivity contribution in [3.05, 3.63) is 24.2 Å². The molecule has 132 valence electrons. The molecule has 3 rings (SSSR count). The van der Waals surface area contributed by atoms with E-state index in [2.05, 4.69) is 5.32 Å². The van der Waals surface area contributed by atoms with E-state index < -0.39 is 0 Å². The topological polar surface area (TPSA) is 62.6 Å². The van der Waals surface area contributed by atoms with Crippen LogP contribution in [0.5, 0.6) is 0 Å². The van der Waals surface area contributed by atoms with E-state index in [-0.39, 0.29) is 17.7 Å². The van der Waals surface area contributed by atoms with Crippen molar-refractivity contribution >= 4 is 11.8 Å². The molecule has 1 N–H and O–H groups in total. The van der Waals surface area contributed by atoms with Crippen LogP contribution in [-0.2, 0) is 4.79 Å². The number of hydrogen-bond donors (Lipinski definition) is 1. The SMILES string of the molecule is O=C(NCCCC1CCCC1)C1CCN(C(=O)c2ccoc2)CC1. The number of hydrogen-bond acceptors (Lipinski definition) is 3. The largest absolute Gasteiger partial charge is 0.472 e. The Balaban J connectivity index is 1.33. The summed E-state index contributed by atoms with van der Waals surface area (Å²) in [6.07, 6.45) is 12.3. The van der Waals surface area contributed by atoms with Gasteiger partial charge in [-0.1, -0.05) is 25.7 Å². The summed E-state index contributed by atoms with van der Waals surface area (Å²) in [6.45, 7) is 2.08. The van der Waals surface area contributed by atoms with Gasteiger partial charge in [0.15, 0.2) is 0 Å². The van der Waals surface area contributed by atoms with Crippen LogP contribution in [0.1, 0.15) is 61.7 Å². The minimum absolute atomic E-state index is 0.000767. The summed E-state index contributed by atoms with van der Waals surface area (Å²) in [4.78, 5) is 26.3. The molecule has 2 amide bonds. The molecule has 0 radical (unpaired) electrons. The van der Waals surface area contributed by atoms with Crippen LogP contribution in [0.15, 0.2) is 23.0 Å². The summed E-state index contributed by atoms with van der Waals surface area (Å²) < 4.78 is 4.97. The smallest absolute Gasteiger partial charge is 0.257 e. The molecule has 2 heterocycles. The lowest BCUT2D eigenvalue weighted by atomic mass is 9.95. The number of rotatable bonds is 6. The van der Waals surface area contributed by atoms with Gasteiger partial charge in [0.05, 0.1) is 11.8 Å². The summed E-state index contributed by atoms with van der Waals surface area (Å²) in [5, 5.41) is 3.09. The van der Waals surface area contributed by atoms with Gasteiger partial charge in [-0.2, -0.15) is 0 Å². The van der Waals surface area contributed by atoms with Crippen LogP contribution in [0.4, 0.5) is 0 Å². The Bertz CT molecular complexity index is 527. The van der Waals surface area contributed by atoms with E-state index >= 15 is 0 Å². The Morgan fingerprint density at radius 2 is 1.92 bits per heavy atom. The van der Waals surface area contributed by atoms with Gasteiger partial charge < -0.3 is 14.6 Å². The number of piperidine rings is 1. The minimum Gasteiger partial charge on any atom is -0.472 e. The molecular weight excluding hydrogens is 304 g/mol. The molecular formula is C19H28N2O3. The molecule has 0 bridgehead atoms. The molecule has 1 aromatic rings. The molecule has 0 atom stereocenters. The van der Waals surface area contributed by atoms with Crippen LogP contribution in [-0.4, -0.2) is 36.3 Å². The summed E-state index contributed by atoms with van der Waals surface area (Å²) in [6, 6.07) is 1.69. The van der Waals surface area contributed by atoms with Crippen LogP contribution in [0, 0.1) is 11.8 Å². The fourth-order valence-electron chi connectivity index (χ4n) is 3.96. The Morgan fingerprint density at radius 3 is 2.58 bits per heavy atom. The predicted octanol–water partition coefficient (Wildman–Crippen LogP) is 3.22. The Kier molecular flexibility index (Phi) is 5.94. The number of nitrogens with zero attached hydrogens (tertiary/aromatic N) is 1. The van der Waals surface area contributed by atoms with Crippen molar-refractivity contribution in [3.63, 3.8) is 0 Å². The Labute approximate surface area is 143 Å². The molecule has 0 unspecified atom stereocenters. The van der Waals surface area contributed by atoms with Gasteiger partial charge >= 0.3 is 0 Å². The van der Waals surface area contributed by atoms with Gasteiger partial charge in [-0.25, -0.2) is 0 Å². The molecule has 5 nitrogen and oxygen atoms in total. The van der Waals surface area contributed by atoms with Crippen molar-refractivity contribution in [2.45, 2.75) is 51.4 Å². The van der Waals surface area contributed by atoms with Gasteiger partial charge in [0, 0.05) is 25.6 Å². The van der Waals surface area contributed by atoms with Crippen LogP contribution < -0.4 is 5.32 Å². The molecule has 1 saturated carbocycles. The highest BCUT2D eigenvalue weighted by Crippen LogP contribution is 2.28. The molecule has 2 aliphatic rings. The first-order valence-corrected chi connectivity index (χ1v) is 9.33. The average Bonchev–Trinajstić information content (AvgIpc) is 3.31. The fraction of sp³-hybridized carbons (Fsp3) is 0.684. The van der Waals surface area contributed by atoms with Gasteiger partial charge in [0.1, 0.15) is 6.26 Å². The normalized spacial score (nSPS) is 19.6. The molecule has 5 heteroatoms.